The number of benzene rings is 1. The molecule has 0 aromatic heterocycles. The zero-order chi connectivity index (χ0) is 12.4. The Hall–Kier alpha value is -0.730. The summed E-state index contributed by atoms with van der Waals surface area (Å²) in [4.78, 5) is 2.40. The zero-order valence-electron chi connectivity index (χ0n) is 10.6. The van der Waals surface area contributed by atoms with Crippen LogP contribution in [0.1, 0.15) is 36.0 Å². The molecule has 0 unspecified atom stereocenters. The molecule has 1 heterocycles. The van der Waals surface area contributed by atoms with Crippen LogP contribution < -0.4 is 0 Å². The number of halogens is 1. The molecular formula is C14H20ClNO. The first-order valence-electron chi connectivity index (χ1n) is 6.29. The van der Waals surface area contributed by atoms with Crippen molar-refractivity contribution in [2.24, 2.45) is 0 Å². The maximum Gasteiger partial charge on any atom is 0.120 e. The van der Waals surface area contributed by atoms with Gasteiger partial charge in [0.1, 0.15) is 5.75 Å². The van der Waals surface area contributed by atoms with Gasteiger partial charge in [-0.2, -0.15) is 0 Å². The van der Waals surface area contributed by atoms with Gasteiger partial charge in [-0.3, -0.25) is 4.90 Å². The van der Waals surface area contributed by atoms with E-state index in [4.69, 9.17) is 11.6 Å². The van der Waals surface area contributed by atoms with Gasteiger partial charge >= 0.3 is 0 Å². The Morgan fingerprint density at radius 1 is 1.24 bits per heavy atom. The Bertz CT molecular complexity index is 411. The van der Waals surface area contributed by atoms with Crippen LogP contribution in [0.3, 0.4) is 0 Å². The predicted octanol–water partition coefficient (Wildman–Crippen LogP) is 3.65. The first-order valence-corrected chi connectivity index (χ1v) is 6.67. The van der Waals surface area contributed by atoms with E-state index < -0.39 is 0 Å². The van der Waals surface area contributed by atoms with E-state index in [1.54, 1.807) is 6.07 Å². The molecule has 0 spiro atoms. The molecule has 1 aromatic carbocycles. The van der Waals surface area contributed by atoms with E-state index >= 15 is 0 Å². The maximum absolute atomic E-state index is 10.0. The summed E-state index contributed by atoms with van der Waals surface area (Å²) >= 11 is 6.24. The second kappa shape index (κ2) is 5.28. The van der Waals surface area contributed by atoms with Crippen LogP contribution in [0, 0.1) is 13.8 Å². The first-order chi connectivity index (χ1) is 8.09. The summed E-state index contributed by atoms with van der Waals surface area (Å²) in [5.74, 6) is 0.384. The van der Waals surface area contributed by atoms with Crippen molar-refractivity contribution in [2.45, 2.75) is 39.7 Å². The molecule has 1 aliphatic heterocycles. The highest BCUT2D eigenvalue weighted by Crippen LogP contribution is 2.32. The van der Waals surface area contributed by atoms with Crippen LogP contribution in [-0.2, 0) is 6.54 Å². The molecular weight excluding hydrogens is 234 g/mol. The molecule has 1 fully saturated rings. The molecule has 1 aromatic rings. The van der Waals surface area contributed by atoms with Crippen molar-refractivity contribution in [3.63, 3.8) is 0 Å². The van der Waals surface area contributed by atoms with Crippen molar-refractivity contribution in [3.8, 4) is 5.75 Å². The molecule has 1 saturated heterocycles. The minimum absolute atomic E-state index is 0.384. The monoisotopic (exact) mass is 253 g/mol. The van der Waals surface area contributed by atoms with Gasteiger partial charge in [-0.05, 0) is 57.0 Å². The van der Waals surface area contributed by atoms with Crippen molar-refractivity contribution in [1.82, 2.24) is 4.90 Å². The maximum atomic E-state index is 10.0. The van der Waals surface area contributed by atoms with Gasteiger partial charge in [-0.1, -0.05) is 18.0 Å². The molecule has 3 heteroatoms. The minimum atomic E-state index is 0.384. The van der Waals surface area contributed by atoms with Crippen LogP contribution in [0.25, 0.3) is 0 Å². The molecule has 1 N–H and O–H groups in total. The molecule has 2 rings (SSSR count). The predicted molar refractivity (Wildman–Crippen MR) is 71.7 cm³/mol. The normalized spacial score (nSPS) is 17.4. The molecule has 1 aliphatic rings. The van der Waals surface area contributed by atoms with E-state index in [-0.39, 0.29) is 0 Å². The Morgan fingerprint density at radius 2 is 1.88 bits per heavy atom. The van der Waals surface area contributed by atoms with Gasteiger partial charge in [0.2, 0.25) is 0 Å². The van der Waals surface area contributed by atoms with Gasteiger partial charge in [0.15, 0.2) is 0 Å². The van der Waals surface area contributed by atoms with Gasteiger partial charge in [0, 0.05) is 17.1 Å². The Kier molecular flexibility index (Phi) is 3.95. The number of phenols is 1. The second-order valence-corrected chi connectivity index (χ2v) is 5.34. The standard InChI is InChI=1S/C14H20ClNO/c1-10-8-13(17)12(11(2)14(10)15)9-16-6-4-3-5-7-16/h8,17H,3-7,9H2,1-2H3. The van der Waals surface area contributed by atoms with E-state index in [0.29, 0.717) is 5.75 Å². The van der Waals surface area contributed by atoms with Crippen LogP contribution >= 0.6 is 11.6 Å². The number of hydrogen-bond acceptors (Lipinski definition) is 2. The number of likely N-dealkylation sites (tertiary alicyclic amines) is 1. The van der Waals surface area contributed by atoms with Crippen LogP contribution in [0.5, 0.6) is 5.75 Å². The van der Waals surface area contributed by atoms with Crippen LogP contribution in [-0.4, -0.2) is 23.1 Å². The van der Waals surface area contributed by atoms with Crippen LogP contribution in [0.2, 0.25) is 5.02 Å². The highest BCUT2D eigenvalue weighted by Gasteiger charge is 2.16. The second-order valence-electron chi connectivity index (χ2n) is 4.97. The molecule has 0 radical (unpaired) electrons. The Labute approximate surface area is 108 Å². The lowest BCUT2D eigenvalue weighted by Gasteiger charge is -2.27. The smallest absolute Gasteiger partial charge is 0.120 e. The lowest BCUT2D eigenvalue weighted by Crippen LogP contribution is -2.29. The van der Waals surface area contributed by atoms with Gasteiger partial charge in [0.05, 0.1) is 0 Å². The van der Waals surface area contributed by atoms with E-state index in [0.717, 1.165) is 41.3 Å². The highest BCUT2D eigenvalue weighted by atomic mass is 35.5. The molecule has 0 saturated carbocycles. The molecule has 0 amide bonds. The fourth-order valence-corrected chi connectivity index (χ4v) is 2.69. The lowest BCUT2D eigenvalue weighted by molar-refractivity contribution is 0.218. The number of piperidine rings is 1. The molecule has 2 nitrogen and oxygen atoms in total. The third kappa shape index (κ3) is 2.75. The van der Waals surface area contributed by atoms with E-state index in [1.165, 1.54) is 19.3 Å². The van der Waals surface area contributed by atoms with Crippen LogP contribution in [0.15, 0.2) is 6.07 Å². The topological polar surface area (TPSA) is 23.5 Å². The molecule has 0 bridgehead atoms. The summed E-state index contributed by atoms with van der Waals surface area (Å²) in [6, 6.07) is 1.77. The fraction of sp³-hybridized carbons (Fsp3) is 0.571. The van der Waals surface area contributed by atoms with E-state index in [1.807, 2.05) is 13.8 Å². The lowest BCUT2D eigenvalue weighted by atomic mass is 10.0. The van der Waals surface area contributed by atoms with Gasteiger partial charge < -0.3 is 5.11 Å². The number of phenolic OH excluding ortho intramolecular Hbond substituents is 1. The van der Waals surface area contributed by atoms with Gasteiger partial charge in [-0.15, -0.1) is 0 Å². The highest BCUT2D eigenvalue weighted by molar-refractivity contribution is 6.32. The SMILES string of the molecule is Cc1cc(O)c(CN2CCCCC2)c(C)c1Cl. The van der Waals surface area contributed by atoms with Gasteiger partial charge in [0.25, 0.3) is 0 Å². The molecule has 0 atom stereocenters. The van der Waals surface area contributed by atoms with Crippen LogP contribution in [0.4, 0.5) is 0 Å². The van der Waals surface area contributed by atoms with Crippen molar-refractivity contribution in [2.75, 3.05) is 13.1 Å². The summed E-state index contributed by atoms with van der Waals surface area (Å²) < 4.78 is 0. The zero-order valence-corrected chi connectivity index (χ0v) is 11.3. The summed E-state index contributed by atoms with van der Waals surface area (Å²) in [5.41, 5.74) is 2.96. The number of aryl methyl sites for hydroxylation is 1. The molecule has 17 heavy (non-hydrogen) atoms. The van der Waals surface area contributed by atoms with Gasteiger partial charge in [-0.25, -0.2) is 0 Å². The van der Waals surface area contributed by atoms with Crippen molar-refractivity contribution in [1.29, 1.82) is 0 Å². The summed E-state index contributed by atoms with van der Waals surface area (Å²) in [6.07, 6.45) is 3.86. The largest absolute Gasteiger partial charge is 0.508 e. The third-order valence-electron chi connectivity index (χ3n) is 3.62. The van der Waals surface area contributed by atoms with Crippen molar-refractivity contribution in [3.05, 3.63) is 27.8 Å². The average molecular weight is 254 g/mol. The Morgan fingerprint density at radius 3 is 2.53 bits per heavy atom. The minimum Gasteiger partial charge on any atom is -0.508 e. The summed E-state index contributed by atoms with van der Waals surface area (Å²) in [5, 5.41) is 10.8. The van der Waals surface area contributed by atoms with E-state index in [9.17, 15) is 5.11 Å². The first kappa shape index (κ1) is 12.7. The van der Waals surface area contributed by atoms with Crippen molar-refractivity contribution >= 4 is 11.6 Å². The number of hydrogen-bond donors (Lipinski definition) is 1. The molecule has 0 aliphatic carbocycles. The average Bonchev–Trinajstić information content (AvgIpc) is 2.33. The fourth-order valence-electron chi connectivity index (χ4n) is 2.52. The summed E-state index contributed by atoms with van der Waals surface area (Å²) in [7, 11) is 0. The van der Waals surface area contributed by atoms with Crippen molar-refractivity contribution < 1.29 is 5.11 Å². The summed E-state index contributed by atoms with van der Waals surface area (Å²) in [6.45, 7) is 7.00. The number of nitrogens with zero attached hydrogens (tertiary/aromatic N) is 1. The quantitative estimate of drug-likeness (QED) is 0.870. The Balaban J connectivity index is 2.22. The van der Waals surface area contributed by atoms with E-state index in [2.05, 4.69) is 4.90 Å². The third-order valence-corrected chi connectivity index (χ3v) is 4.20. The number of rotatable bonds is 2. The number of aromatic hydroxyl groups is 1. The molecule has 94 valence electrons.